The van der Waals surface area contributed by atoms with E-state index in [4.69, 9.17) is 15.2 Å². The van der Waals surface area contributed by atoms with Crippen LogP contribution in [-0.2, 0) is 11.3 Å². The van der Waals surface area contributed by atoms with Crippen LogP contribution in [0.2, 0.25) is 0 Å². The molecule has 28 heavy (non-hydrogen) atoms. The number of amides is 1. The molecule has 0 spiro atoms. The smallest absolute Gasteiger partial charge is 0.261 e. The van der Waals surface area contributed by atoms with Gasteiger partial charge in [-0.15, -0.1) is 12.4 Å². The average Bonchev–Trinajstić information content (AvgIpc) is 3.52. The van der Waals surface area contributed by atoms with E-state index in [0.29, 0.717) is 54.3 Å². The summed E-state index contributed by atoms with van der Waals surface area (Å²) in [7, 11) is 3.06. The molecule has 1 aromatic heterocycles. The molecule has 1 heterocycles. The number of ether oxygens (including phenoxy) is 2. The molecule has 1 aliphatic carbocycles. The molecule has 1 aromatic carbocycles. The maximum atomic E-state index is 12.7. The first-order valence-corrected chi connectivity index (χ1v) is 9.17. The van der Waals surface area contributed by atoms with Gasteiger partial charge in [-0.25, -0.2) is 4.98 Å². The fourth-order valence-corrected chi connectivity index (χ4v) is 3.07. The summed E-state index contributed by atoms with van der Waals surface area (Å²) < 4.78 is 12.0. The van der Waals surface area contributed by atoms with Crippen molar-refractivity contribution in [3.8, 4) is 11.5 Å². The van der Waals surface area contributed by atoms with Gasteiger partial charge in [0.15, 0.2) is 11.5 Å². The molecule has 0 aliphatic heterocycles. The molecule has 2 aromatic rings. The Morgan fingerprint density at radius 3 is 2.64 bits per heavy atom. The fraction of sp³-hybridized carbons (Fsp3) is 0.526. The molecule has 1 saturated carbocycles. The molecule has 1 aliphatic rings. The van der Waals surface area contributed by atoms with E-state index in [1.54, 1.807) is 12.1 Å². The molecule has 3 rings (SSSR count). The maximum absolute atomic E-state index is 12.7. The van der Waals surface area contributed by atoms with Crippen molar-refractivity contribution in [2.75, 3.05) is 20.8 Å². The number of benzene rings is 1. The quantitative estimate of drug-likeness (QED) is 0.648. The van der Waals surface area contributed by atoms with Gasteiger partial charge in [-0.2, -0.15) is 0 Å². The lowest BCUT2D eigenvalue weighted by Crippen LogP contribution is -2.38. The standard InChI is InChI=1S/C19H26N4O4.ClH/c1-26-16-8-13-15(9-17(16)27-2)22-11-23(19(13)25)7-3-4-18(24)21-10-14(20)12-5-6-12;/h8-9,11-12,14H,3-7,10,20H2,1-2H3,(H,21,24);1H. The van der Waals surface area contributed by atoms with Crippen LogP contribution in [0.5, 0.6) is 11.5 Å². The van der Waals surface area contributed by atoms with Crippen LogP contribution >= 0.6 is 12.4 Å². The second kappa shape index (κ2) is 9.75. The second-order valence-electron chi connectivity index (χ2n) is 6.88. The van der Waals surface area contributed by atoms with Gasteiger partial charge in [0.05, 0.1) is 31.4 Å². The number of nitrogens with two attached hydrogens (primary N) is 1. The largest absolute Gasteiger partial charge is 0.493 e. The van der Waals surface area contributed by atoms with E-state index in [9.17, 15) is 9.59 Å². The predicted octanol–water partition coefficient (Wildman–Crippen LogP) is 1.47. The molecule has 9 heteroatoms. The third-order valence-electron chi connectivity index (χ3n) is 4.89. The van der Waals surface area contributed by atoms with Gasteiger partial charge in [0.2, 0.25) is 5.91 Å². The van der Waals surface area contributed by atoms with Crippen LogP contribution in [0.4, 0.5) is 0 Å². The lowest BCUT2D eigenvalue weighted by atomic mass is 10.2. The molecule has 0 bridgehead atoms. The van der Waals surface area contributed by atoms with Crippen molar-refractivity contribution >= 4 is 29.2 Å². The zero-order chi connectivity index (χ0) is 19.4. The first-order valence-electron chi connectivity index (χ1n) is 9.17. The molecule has 0 saturated heterocycles. The van der Waals surface area contributed by atoms with Crippen LogP contribution in [0, 0.1) is 5.92 Å². The SMILES string of the molecule is COc1cc2ncn(CCCC(=O)NCC(N)C3CC3)c(=O)c2cc1OC.Cl. The van der Waals surface area contributed by atoms with Crippen LogP contribution in [0.25, 0.3) is 10.9 Å². The van der Waals surface area contributed by atoms with Gasteiger partial charge in [0, 0.05) is 31.6 Å². The first-order chi connectivity index (χ1) is 13.0. The maximum Gasteiger partial charge on any atom is 0.261 e. The number of carbonyl (C=O) groups excluding carboxylic acids is 1. The highest BCUT2D eigenvalue weighted by Crippen LogP contribution is 2.31. The normalized spacial score (nSPS) is 14.2. The van der Waals surface area contributed by atoms with Crippen LogP contribution in [0.1, 0.15) is 25.7 Å². The minimum atomic E-state index is -0.169. The monoisotopic (exact) mass is 410 g/mol. The van der Waals surface area contributed by atoms with Crippen molar-refractivity contribution in [3.05, 3.63) is 28.8 Å². The number of hydrogen-bond donors (Lipinski definition) is 2. The summed E-state index contributed by atoms with van der Waals surface area (Å²) >= 11 is 0. The van der Waals surface area contributed by atoms with E-state index in [2.05, 4.69) is 10.3 Å². The lowest BCUT2D eigenvalue weighted by molar-refractivity contribution is -0.121. The first kappa shape index (κ1) is 22.0. The Morgan fingerprint density at radius 2 is 2.00 bits per heavy atom. The summed E-state index contributed by atoms with van der Waals surface area (Å²) in [6.45, 7) is 0.931. The summed E-state index contributed by atoms with van der Waals surface area (Å²) in [5.41, 5.74) is 6.35. The van der Waals surface area contributed by atoms with E-state index in [0.717, 1.165) is 12.8 Å². The third kappa shape index (κ3) is 5.14. The number of carbonyl (C=O) groups is 1. The molecule has 1 atom stereocenters. The molecule has 154 valence electrons. The van der Waals surface area contributed by atoms with Gasteiger partial charge >= 0.3 is 0 Å². The van der Waals surface area contributed by atoms with Gasteiger partial charge in [0.25, 0.3) is 5.56 Å². The number of fused-ring (bicyclic) bond motifs is 1. The molecule has 8 nitrogen and oxygen atoms in total. The van der Waals surface area contributed by atoms with Crippen molar-refractivity contribution in [2.45, 2.75) is 38.3 Å². The number of halogens is 1. The highest BCUT2D eigenvalue weighted by atomic mass is 35.5. The van der Waals surface area contributed by atoms with Crippen LogP contribution in [0.15, 0.2) is 23.3 Å². The number of nitrogens with zero attached hydrogens (tertiary/aromatic N) is 2. The molecule has 3 N–H and O–H groups in total. The number of aryl methyl sites for hydroxylation is 1. The van der Waals surface area contributed by atoms with Crippen molar-refractivity contribution in [3.63, 3.8) is 0 Å². The Labute approximate surface area is 169 Å². The van der Waals surface area contributed by atoms with E-state index >= 15 is 0 Å². The number of rotatable bonds is 9. The minimum absolute atomic E-state index is 0. The van der Waals surface area contributed by atoms with Gasteiger partial charge in [-0.1, -0.05) is 0 Å². The fourth-order valence-electron chi connectivity index (χ4n) is 3.07. The summed E-state index contributed by atoms with van der Waals surface area (Å²) in [6, 6.07) is 3.36. The summed E-state index contributed by atoms with van der Waals surface area (Å²) in [5.74, 6) is 1.52. The zero-order valence-electron chi connectivity index (χ0n) is 16.1. The minimum Gasteiger partial charge on any atom is -0.493 e. The molecule has 1 fully saturated rings. The molecule has 1 amide bonds. The number of nitrogens with one attached hydrogen (secondary N) is 1. The van der Waals surface area contributed by atoms with E-state index in [1.165, 1.54) is 25.1 Å². The Morgan fingerprint density at radius 1 is 1.32 bits per heavy atom. The van der Waals surface area contributed by atoms with Gasteiger partial charge in [-0.05, 0) is 31.2 Å². The summed E-state index contributed by atoms with van der Waals surface area (Å²) in [5, 5.41) is 3.32. The molecule has 0 radical (unpaired) electrons. The highest BCUT2D eigenvalue weighted by Gasteiger charge is 2.28. The topological polar surface area (TPSA) is 108 Å². The molecular weight excluding hydrogens is 384 g/mol. The van der Waals surface area contributed by atoms with Crippen molar-refractivity contribution in [1.82, 2.24) is 14.9 Å². The van der Waals surface area contributed by atoms with Crippen molar-refractivity contribution in [1.29, 1.82) is 0 Å². The van der Waals surface area contributed by atoms with Gasteiger partial charge < -0.3 is 20.5 Å². The summed E-state index contributed by atoms with van der Waals surface area (Å²) in [6.07, 6.45) is 4.70. The van der Waals surface area contributed by atoms with E-state index < -0.39 is 0 Å². The summed E-state index contributed by atoms with van der Waals surface area (Å²) in [4.78, 5) is 28.9. The number of hydrogen-bond acceptors (Lipinski definition) is 6. The Hall–Kier alpha value is -2.32. The van der Waals surface area contributed by atoms with E-state index in [1.807, 2.05) is 0 Å². The van der Waals surface area contributed by atoms with Gasteiger partial charge in [0.1, 0.15) is 0 Å². The zero-order valence-corrected chi connectivity index (χ0v) is 17.0. The average molecular weight is 411 g/mol. The molecular formula is C19H27ClN4O4. The van der Waals surface area contributed by atoms with Crippen molar-refractivity contribution in [2.24, 2.45) is 11.7 Å². The highest BCUT2D eigenvalue weighted by molar-refractivity contribution is 5.85. The van der Waals surface area contributed by atoms with Gasteiger partial charge in [-0.3, -0.25) is 14.2 Å². The van der Waals surface area contributed by atoms with Crippen LogP contribution in [0.3, 0.4) is 0 Å². The Balaban J connectivity index is 0.00000280. The Kier molecular flexibility index (Phi) is 7.65. The number of aromatic nitrogens is 2. The van der Waals surface area contributed by atoms with Crippen LogP contribution in [-0.4, -0.2) is 42.3 Å². The van der Waals surface area contributed by atoms with E-state index in [-0.39, 0.29) is 29.9 Å². The predicted molar refractivity (Wildman–Crippen MR) is 109 cm³/mol. The van der Waals surface area contributed by atoms with Crippen molar-refractivity contribution < 1.29 is 14.3 Å². The van der Waals surface area contributed by atoms with Crippen LogP contribution < -0.4 is 26.1 Å². The lowest BCUT2D eigenvalue weighted by Gasteiger charge is -2.12. The second-order valence-corrected chi connectivity index (χ2v) is 6.88. The Bertz CT molecular complexity index is 882. The number of methoxy groups -OCH3 is 2. The third-order valence-corrected chi connectivity index (χ3v) is 4.89. The molecule has 1 unspecified atom stereocenters.